The van der Waals surface area contributed by atoms with Crippen LogP contribution in [-0.2, 0) is 12.0 Å². The van der Waals surface area contributed by atoms with Crippen LogP contribution in [0.2, 0.25) is 0 Å². The first-order valence-corrected chi connectivity index (χ1v) is 8.67. The number of hydrogen-bond donors (Lipinski definition) is 1. The van der Waals surface area contributed by atoms with Gasteiger partial charge < -0.3 is 15.0 Å². The molecule has 0 fully saturated rings. The predicted molar refractivity (Wildman–Crippen MR) is 102 cm³/mol. The molecule has 2 aromatic rings. The van der Waals surface area contributed by atoms with Crippen molar-refractivity contribution in [1.82, 2.24) is 10.2 Å². The Balaban J connectivity index is 1.96. The number of amides is 2. The summed E-state index contributed by atoms with van der Waals surface area (Å²) in [5.74, 6) is 0.837. The van der Waals surface area contributed by atoms with Gasteiger partial charge in [0.1, 0.15) is 5.75 Å². The zero-order chi connectivity index (χ0) is 18.3. The molecule has 0 aliphatic rings. The molecule has 0 unspecified atom stereocenters. The third-order valence-corrected chi connectivity index (χ3v) is 4.44. The molecule has 0 heterocycles. The number of nitrogens with one attached hydrogen (secondary N) is 1. The van der Waals surface area contributed by atoms with E-state index >= 15 is 0 Å². The van der Waals surface area contributed by atoms with Gasteiger partial charge in [-0.05, 0) is 30.2 Å². The molecule has 134 valence electrons. The van der Waals surface area contributed by atoms with E-state index in [-0.39, 0.29) is 11.4 Å². The fourth-order valence-corrected chi connectivity index (χ4v) is 2.68. The molecule has 0 bridgehead atoms. The van der Waals surface area contributed by atoms with Gasteiger partial charge in [0.2, 0.25) is 0 Å². The van der Waals surface area contributed by atoms with E-state index in [4.69, 9.17) is 4.74 Å². The molecular weight excluding hydrogens is 312 g/mol. The smallest absolute Gasteiger partial charge is 0.317 e. The molecule has 0 spiro atoms. The van der Waals surface area contributed by atoms with Crippen LogP contribution in [-0.4, -0.2) is 31.1 Å². The Bertz CT molecular complexity index is 666. The number of nitrogens with zero attached hydrogens (tertiary/aromatic N) is 1. The molecule has 0 atom stereocenters. The third kappa shape index (κ3) is 5.24. The summed E-state index contributed by atoms with van der Waals surface area (Å²) in [6.45, 7) is 8.11. The molecule has 0 aliphatic carbocycles. The van der Waals surface area contributed by atoms with Crippen molar-refractivity contribution in [1.29, 1.82) is 0 Å². The summed E-state index contributed by atoms with van der Waals surface area (Å²) < 4.78 is 5.21. The van der Waals surface area contributed by atoms with Crippen LogP contribution in [0.25, 0.3) is 0 Å². The van der Waals surface area contributed by atoms with Crippen LogP contribution >= 0.6 is 0 Å². The number of methoxy groups -OCH3 is 1. The number of carbonyl (C=O) groups is 1. The highest BCUT2D eigenvalue weighted by Crippen LogP contribution is 2.24. The van der Waals surface area contributed by atoms with E-state index in [1.54, 1.807) is 7.11 Å². The summed E-state index contributed by atoms with van der Waals surface area (Å²) in [7, 11) is 1.66. The summed E-state index contributed by atoms with van der Waals surface area (Å²) in [4.78, 5) is 14.4. The van der Waals surface area contributed by atoms with Gasteiger partial charge in [0.25, 0.3) is 0 Å². The Morgan fingerprint density at radius 1 is 1.08 bits per heavy atom. The zero-order valence-electron chi connectivity index (χ0n) is 15.6. The number of rotatable bonds is 7. The lowest BCUT2D eigenvalue weighted by Crippen LogP contribution is -2.44. The maximum Gasteiger partial charge on any atom is 0.317 e. The van der Waals surface area contributed by atoms with Crippen LogP contribution < -0.4 is 10.1 Å². The molecule has 2 amide bonds. The van der Waals surface area contributed by atoms with Gasteiger partial charge in [-0.2, -0.15) is 0 Å². The minimum Gasteiger partial charge on any atom is -0.497 e. The molecule has 0 saturated heterocycles. The van der Waals surface area contributed by atoms with Gasteiger partial charge in [0.15, 0.2) is 0 Å². The van der Waals surface area contributed by atoms with Gasteiger partial charge in [-0.25, -0.2) is 4.79 Å². The fourth-order valence-electron chi connectivity index (χ4n) is 2.68. The van der Waals surface area contributed by atoms with Crippen molar-refractivity contribution in [3.63, 3.8) is 0 Å². The van der Waals surface area contributed by atoms with E-state index in [0.29, 0.717) is 19.6 Å². The second-order valence-electron chi connectivity index (χ2n) is 6.77. The molecule has 4 nitrogen and oxygen atoms in total. The van der Waals surface area contributed by atoms with Crippen LogP contribution in [0.4, 0.5) is 4.79 Å². The second-order valence-corrected chi connectivity index (χ2v) is 6.77. The number of hydrogen-bond acceptors (Lipinski definition) is 2. The topological polar surface area (TPSA) is 41.6 Å². The Labute approximate surface area is 150 Å². The molecule has 0 aliphatic heterocycles. The lowest BCUT2D eigenvalue weighted by atomic mass is 9.84. The van der Waals surface area contributed by atoms with Crippen molar-refractivity contribution < 1.29 is 9.53 Å². The van der Waals surface area contributed by atoms with E-state index in [9.17, 15) is 4.79 Å². The van der Waals surface area contributed by atoms with Crippen LogP contribution in [0, 0.1) is 0 Å². The number of carbonyl (C=O) groups excluding carboxylic acids is 1. The summed E-state index contributed by atoms with van der Waals surface area (Å²) in [5, 5.41) is 3.08. The molecule has 0 saturated carbocycles. The van der Waals surface area contributed by atoms with E-state index in [1.807, 2.05) is 66.4 Å². The largest absolute Gasteiger partial charge is 0.497 e. The average Bonchev–Trinajstić information content (AvgIpc) is 2.65. The van der Waals surface area contributed by atoms with Crippen molar-refractivity contribution in [2.75, 3.05) is 20.2 Å². The lowest BCUT2D eigenvalue weighted by Gasteiger charge is -2.28. The Hall–Kier alpha value is -2.49. The first-order chi connectivity index (χ1) is 12.0. The Morgan fingerprint density at radius 3 is 2.28 bits per heavy atom. The molecule has 2 rings (SSSR count). The number of ether oxygens (including phenoxy) is 1. The van der Waals surface area contributed by atoms with E-state index in [0.717, 1.165) is 11.3 Å². The SMILES string of the molecule is CCN(Cc1ccccc1)C(=O)NCC(C)(C)c1ccc(OC)cc1. The first kappa shape index (κ1) is 18.8. The molecule has 1 N–H and O–H groups in total. The fraction of sp³-hybridized carbons (Fsp3) is 0.381. The van der Waals surface area contributed by atoms with Crippen LogP contribution in [0.3, 0.4) is 0 Å². The van der Waals surface area contributed by atoms with E-state index < -0.39 is 0 Å². The highest BCUT2D eigenvalue weighted by Gasteiger charge is 2.22. The predicted octanol–water partition coefficient (Wildman–Crippen LogP) is 4.20. The molecule has 0 radical (unpaired) electrons. The van der Waals surface area contributed by atoms with Gasteiger partial charge in [-0.1, -0.05) is 56.3 Å². The third-order valence-electron chi connectivity index (χ3n) is 4.44. The van der Waals surface area contributed by atoms with E-state index in [1.165, 1.54) is 5.56 Å². The quantitative estimate of drug-likeness (QED) is 0.820. The van der Waals surface area contributed by atoms with E-state index in [2.05, 4.69) is 19.2 Å². The minimum absolute atomic E-state index is 0.0343. The number of urea groups is 1. The van der Waals surface area contributed by atoms with Crippen LogP contribution in [0.15, 0.2) is 54.6 Å². The molecular formula is C21H28N2O2. The Morgan fingerprint density at radius 2 is 1.72 bits per heavy atom. The minimum atomic E-state index is -0.159. The molecule has 2 aromatic carbocycles. The van der Waals surface area contributed by atoms with Gasteiger partial charge in [-0.15, -0.1) is 0 Å². The summed E-state index contributed by atoms with van der Waals surface area (Å²) in [5.41, 5.74) is 2.14. The highest BCUT2D eigenvalue weighted by atomic mass is 16.5. The van der Waals surface area contributed by atoms with Crippen molar-refractivity contribution in [3.8, 4) is 5.75 Å². The molecule has 4 heteroatoms. The number of benzene rings is 2. The Kier molecular flexibility index (Phi) is 6.45. The maximum absolute atomic E-state index is 12.6. The molecule has 25 heavy (non-hydrogen) atoms. The zero-order valence-corrected chi connectivity index (χ0v) is 15.6. The monoisotopic (exact) mass is 340 g/mol. The second kappa shape index (κ2) is 8.56. The summed E-state index contributed by atoms with van der Waals surface area (Å²) >= 11 is 0. The maximum atomic E-state index is 12.6. The summed E-state index contributed by atoms with van der Waals surface area (Å²) in [6, 6.07) is 18.0. The summed E-state index contributed by atoms with van der Waals surface area (Å²) in [6.07, 6.45) is 0. The van der Waals surface area contributed by atoms with Crippen molar-refractivity contribution in [2.45, 2.75) is 32.7 Å². The lowest BCUT2D eigenvalue weighted by molar-refractivity contribution is 0.195. The highest BCUT2D eigenvalue weighted by molar-refractivity contribution is 5.74. The molecule has 0 aromatic heterocycles. The standard InChI is InChI=1S/C21H28N2O2/c1-5-23(15-17-9-7-6-8-10-17)20(24)22-16-21(2,3)18-11-13-19(25-4)14-12-18/h6-14H,5,15-16H2,1-4H3,(H,22,24). The average molecular weight is 340 g/mol. The van der Waals surface area contributed by atoms with Crippen molar-refractivity contribution in [3.05, 3.63) is 65.7 Å². The normalized spacial score (nSPS) is 11.0. The van der Waals surface area contributed by atoms with Gasteiger partial charge in [0.05, 0.1) is 7.11 Å². The van der Waals surface area contributed by atoms with Gasteiger partial charge in [0, 0.05) is 25.0 Å². The first-order valence-electron chi connectivity index (χ1n) is 8.67. The van der Waals surface area contributed by atoms with Gasteiger partial charge >= 0.3 is 6.03 Å². The van der Waals surface area contributed by atoms with Gasteiger partial charge in [-0.3, -0.25) is 0 Å². The van der Waals surface area contributed by atoms with Crippen LogP contribution in [0.5, 0.6) is 5.75 Å². The van der Waals surface area contributed by atoms with Crippen molar-refractivity contribution in [2.24, 2.45) is 0 Å². The van der Waals surface area contributed by atoms with Crippen molar-refractivity contribution >= 4 is 6.03 Å². The van der Waals surface area contributed by atoms with Crippen LogP contribution in [0.1, 0.15) is 31.9 Å².